The highest BCUT2D eigenvalue weighted by Gasteiger charge is 2.35. The number of rotatable bonds is 13. The van der Waals surface area contributed by atoms with E-state index in [0.717, 1.165) is 5.56 Å². The van der Waals surface area contributed by atoms with Crippen LogP contribution in [0.5, 0.6) is 0 Å². The number of ether oxygens (including phenoxy) is 3. The van der Waals surface area contributed by atoms with E-state index in [1.807, 2.05) is 44.2 Å². The highest BCUT2D eigenvalue weighted by molar-refractivity contribution is 5.86. The van der Waals surface area contributed by atoms with Crippen molar-refractivity contribution in [1.82, 2.24) is 4.90 Å². The van der Waals surface area contributed by atoms with Crippen molar-refractivity contribution in [2.24, 2.45) is 5.92 Å². The Bertz CT molecular complexity index is 719. The molecule has 8 heteroatoms. The second-order valence-electron chi connectivity index (χ2n) is 8.59. The van der Waals surface area contributed by atoms with Crippen molar-refractivity contribution < 1.29 is 33.0 Å². The van der Waals surface area contributed by atoms with Crippen LogP contribution in [0.1, 0.15) is 53.0 Å². The number of amides is 1. The molecule has 2 atom stereocenters. The summed E-state index contributed by atoms with van der Waals surface area (Å²) in [6.07, 6.45) is 0.512. The molecule has 7 nitrogen and oxygen atoms in total. The molecule has 0 aromatic heterocycles. The summed E-state index contributed by atoms with van der Waals surface area (Å²) in [6, 6.07) is 8.31. The van der Waals surface area contributed by atoms with Gasteiger partial charge in [-0.1, -0.05) is 50.6 Å². The van der Waals surface area contributed by atoms with Crippen molar-refractivity contribution in [2.75, 3.05) is 26.4 Å². The molecule has 0 heterocycles. The Balaban J connectivity index is 3.00. The molecule has 0 saturated carbocycles. The fourth-order valence-electron chi connectivity index (χ4n) is 3.02. The summed E-state index contributed by atoms with van der Waals surface area (Å²) in [5.41, 5.74) is 0.155. The molecule has 1 aromatic rings. The second-order valence-corrected chi connectivity index (χ2v) is 8.59. The quantitative estimate of drug-likeness (QED) is 0.335. The number of carbonyl (C=O) groups excluding carboxylic acids is 3. The van der Waals surface area contributed by atoms with E-state index in [2.05, 4.69) is 0 Å². The first-order chi connectivity index (χ1) is 15.1. The van der Waals surface area contributed by atoms with Gasteiger partial charge in [0.2, 0.25) is 5.91 Å². The highest BCUT2D eigenvalue weighted by atomic mass is 19.1. The third kappa shape index (κ3) is 10.2. The van der Waals surface area contributed by atoms with Crippen LogP contribution in [-0.2, 0) is 35.2 Å². The Kier molecular flexibility index (Phi) is 11.9. The molecule has 0 aliphatic heterocycles. The first kappa shape index (κ1) is 27.6. The molecule has 0 spiro atoms. The Hall–Kier alpha value is -2.48. The molecule has 0 aliphatic carbocycles. The maximum absolute atomic E-state index is 13.0. The third-order valence-corrected chi connectivity index (χ3v) is 4.73. The Morgan fingerprint density at radius 2 is 1.78 bits per heavy atom. The number of hydrogen-bond acceptors (Lipinski definition) is 6. The second kappa shape index (κ2) is 13.8. The minimum absolute atomic E-state index is 0.0395. The van der Waals surface area contributed by atoms with Gasteiger partial charge in [0.1, 0.15) is 31.5 Å². The molecule has 180 valence electrons. The minimum Gasteiger partial charge on any atom is -0.460 e. The maximum Gasteiger partial charge on any atom is 0.329 e. The number of esters is 2. The van der Waals surface area contributed by atoms with Crippen LogP contribution < -0.4 is 0 Å². The number of benzene rings is 1. The number of alkyl halides is 1. The van der Waals surface area contributed by atoms with E-state index >= 15 is 0 Å². The molecule has 32 heavy (non-hydrogen) atoms. The normalized spacial score (nSPS) is 13.2. The molecule has 0 unspecified atom stereocenters. The van der Waals surface area contributed by atoms with Crippen LogP contribution in [0.2, 0.25) is 0 Å². The average molecular weight is 454 g/mol. The van der Waals surface area contributed by atoms with Crippen LogP contribution in [0, 0.1) is 5.92 Å². The molecule has 0 saturated heterocycles. The lowest BCUT2D eigenvalue weighted by atomic mass is 9.97. The van der Waals surface area contributed by atoms with Crippen molar-refractivity contribution in [3.63, 3.8) is 0 Å². The highest BCUT2D eigenvalue weighted by Crippen LogP contribution is 2.19. The van der Waals surface area contributed by atoms with E-state index < -0.39 is 42.8 Å². The summed E-state index contributed by atoms with van der Waals surface area (Å²) in [5.74, 6) is -1.79. The average Bonchev–Trinajstić information content (AvgIpc) is 2.74. The standard InChI is InChI=1S/C24H36FNO6/c1-6-18(2)22(23(29)31-16-19-10-8-7-9-11-19)26(20(27)17-30-15-13-25)14-12-21(28)32-24(3,4)5/h7-11,18,22H,6,12-17H2,1-5H3/t18-,22-/m0/s1. The lowest BCUT2D eigenvalue weighted by molar-refractivity contribution is -0.163. The van der Waals surface area contributed by atoms with E-state index in [4.69, 9.17) is 14.2 Å². The van der Waals surface area contributed by atoms with Crippen molar-refractivity contribution in [2.45, 2.75) is 65.7 Å². The topological polar surface area (TPSA) is 82.1 Å². The van der Waals surface area contributed by atoms with Crippen molar-refractivity contribution in [3.05, 3.63) is 35.9 Å². The minimum atomic E-state index is -0.910. The summed E-state index contributed by atoms with van der Waals surface area (Å²) in [7, 11) is 0. The molecule has 1 amide bonds. The summed E-state index contributed by atoms with van der Waals surface area (Å²) < 4.78 is 28.3. The predicted molar refractivity (Wildman–Crippen MR) is 118 cm³/mol. The van der Waals surface area contributed by atoms with E-state index in [-0.39, 0.29) is 32.1 Å². The van der Waals surface area contributed by atoms with Crippen LogP contribution in [0.25, 0.3) is 0 Å². The van der Waals surface area contributed by atoms with Crippen LogP contribution in [0.3, 0.4) is 0 Å². The zero-order chi connectivity index (χ0) is 24.1. The SMILES string of the molecule is CC[C@H](C)[C@@H](C(=O)OCc1ccccc1)N(CCC(=O)OC(C)(C)C)C(=O)COCCF. The first-order valence-corrected chi connectivity index (χ1v) is 10.9. The molecule has 0 radical (unpaired) electrons. The lowest BCUT2D eigenvalue weighted by Gasteiger charge is -2.34. The third-order valence-electron chi connectivity index (χ3n) is 4.73. The summed E-state index contributed by atoms with van der Waals surface area (Å²) in [4.78, 5) is 39.4. The number of nitrogens with zero attached hydrogens (tertiary/aromatic N) is 1. The van der Waals surface area contributed by atoms with Gasteiger partial charge < -0.3 is 19.1 Å². The monoisotopic (exact) mass is 453 g/mol. The zero-order valence-corrected chi connectivity index (χ0v) is 19.8. The van der Waals surface area contributed by atoms with Crippen LogP contribution in [-0.4, -0.2) is 60.8 Å². The van der Waals surface area contributed by atoms with Gasteiger partial charge in [-0.3, -0.25) is 9.59 Å². The number of carbonyl (C=O) groups is 3. The summed E-state index contributed by atoms with van der Waals surface area (Å²) in [5, 5.41) is 0. The van der Waals surface area contributed by atoms with E-state index in [0.29, 0.717) is 6.42 Å². The van der Waals surface area contributed by atoms with Crippen LogP contribution in [0.15, 0.2) is 30.3 Å². The van der Waals surface area contributed by atoms with Gasteiger partial charge in [0.25, 0.3) is 0 Å². The fraction of sp³-hybridized carbons (Fsp3) is 0.625. The molecule has 0 aliphatic rings. The van der Waals surface area contributed by atoms with Gasteiger partial charge in [-0.25, -0.2) is 9.18 Å². The first-order valence-electron chi connectivity index (χ1n) is 10.9. The smallest absolute Gasteiger partial charge is 0.329 e. The van der Waals surface area contributed by atoms with Gasteiger partial charge in [-0.05, 0) is 32.3 Å². The molecule has 0 bridgehead atoms. The summed E-state index contributed by atoms with van der Waals surface area (Å²) in [6.45, 7) is 7.68. The zero-order valence-electron chi connectivity index (χ0n) is 19.8. The lowest BCUT2D eigenvalue weighted by Crippen LogP contribution is -2.51. The van der Waals surface area contributed by atoms with E-state index in [1.165, 1.54) is 4.90 Å². The van der Waals surface area contributed by atoms with E-state index in [9.17, 15) is 18.8 Å². The van der Waals surface area contributed by atoms with Crippen LogP contribution >= 0.6 is 0 Å². The Morgan fingerprint density at radius 1 is 1.12 bits per heavy atom. The molecular weight excluding hydrogens is 417 g/mol. The van der Waals surface area contributed by atoms with Gasteiger partial charge in [-0.15, -0.1) is 0 Å². The van der Waals surface area contributed by atoms with Crippen molar-refractivity contribution in [1.29, 1.82) is 0 Å². The Labute approximate surface area is 190 Å². The van der Waals surface area contributed by atoms with Gasteiger partial charge in [0.15, 0.2) is 0 Å². The van der Waals surface area contributed by atoms with Gasteiger partial charge in [0.05, 0.1) is 13.0 Å². The van der Waals surface area contributed by atoms with Crippen molar-refractivity contribution >= 4 is 17.8 Å². The van der Waals surface area contributed by atoms with E-state index in [1.54, 1.807) is 20.8 Å². The predicted octanol–water partition coefficient (Wildman–Crippen LogP) is 3.69. The van der Waals surface area contributed by atoms with Crippen LogP contribution in [0.4, 0.5) is 4.39 Å². The maximum atomic E-state index is 13.0. The van der Waals surface area contributed by atoms with Gasteiger partial charge >= 0.3 is 11.9 Å². The number of halogens is 1. The number of hydrogen-bond donors (Lipinski definition) is 0. The molecule has 0 N–H and O–H groups in total. The molecule has 1 aromatic carbocycles. The fourth-order valence-corrected chi connectivity index (χ4v) is 3.02. The molecule has 1 rings (SSSR count). The Morgan fingerprint density at radius 3 is 2.34 bits per heavy atom. The van der Waals surface area contributed by atoms with Gasteiger partial charge in [-0.2, -0.15) is 0 Å². The molecule has 0 fully saturated rings. The molecular formula is C24H36FNO6. The summed E-state index contributed by atoms with van der Waals surface area (Å²) >= 11 is 0. The largest absolute Gasteiger partial charge is 0.460 e. The van der Waals surface area contributed by atoms with Gasteiger partial charge in [0, 0.05) is 6.54 Å². The van der Waals surface area contributed by atoms with Crippen molar-refractivity contribution in [3.8, 4) is 0 Å².